The molecule has 1 aliphatic carbocycles. The van der Waals surface area contributed by atoms with Gasteiger partial charge < -0.3 is 9.64 Å². The normalized spacial score (nSPS) is 18.1. The fraction of sp³-hybridized carbons (Fsp3) is 0.385. The predicted octanol–water partition coefficient (Wildman–Crippen LogP) is 5.23. The number of aryl methyl sites for hydroxylation is 1. The van der Waals surface area contributed by atoms with E-state index in [1.165, 1.54) is 11.1 Å². The Morgan fingerprint density at radius 1 is 1.03 bits per heavy atom. The molecule has 0 saturated heterocycles. The van der Waals surface area contributed by atoms with Crippen LogP contribution in [0.3, 0.4) is 0 Å². The number of fused-ring (bicyclic) bond motifs is 1. The Balaban J connectivity index is 1.63. The summed E-state index contributed by atoms with van der Waals surface area (Å²) in [5.74, 6) is -1.33. The van der Waals surface area contributed by atoms with E-state index in [4.69, 9.17) is 4.74 Å². The number of nitrogens with zero attached hydrogens (tertiary/aromatic N) is 1. The first-order chi connectivity index (χ1) is 14.5. The van der Waals surface area contributed by atoms with Gasteiger partial charge in [0.15, 0.2) is 0 Å². The van der Waals surface area contributed by atoms with Crippen molar-refractivity contribution in [1.82, 2.24) is 0 Å². The topological polar surface area (TPSA) is 46.6 Å². The lowest BCUT2D eigenvalue weighted by Crippen LogP contribution is -2.36. The average molecular weight is 404 g/mol. The summed E-state index contributed by atoms with van der Waals surface area (Å²) < 4.78 is 5.74. The Kier molecular flexibility index (Phi) is 5.76. The van der Waals surface area contributed by atoms with Crippen LogP contribution in [0.15, 0.2) is 54.7 Å². The van der Waals surface area contributed by atoms with Crippen LogP contribution < -0.4 is 4.90 Å². The van der Waals surface area contributed by atoms with Gasteiger partial charge in [0.2, 0.25) is 0 Å². The molecular weight excluding hydrogens is 374 g/mol. The lowest BCUT2D eigenvalue weighted by atomic mass is 9.86. The van der Waals surface area contributed by atoms with Gasteiger partial charge >= 0.3 is 5.97 Å². The molecule has 4 heteroatoms. The van der Waals surface area contributed by atoms with Gasteiger partial charge in [0.1, 0.15) is 5.60 Å². The molecular formula is C26H29NO3. The Labute approximate surface area is 178 Å². The molecule has 4 nitrogen and oxygen atoms in total. The summed E-state index contributed by atoms with van der Waals surface area (Å²) in [5.41, 5.74) is 4.16. The summed E-state index contributed by atoms with van der Waals surface area (Å²) >= 11 is 0. The monoisotopic (exact) mass is 403 g/mol. The first-order valence-electron chi connectivity index (χ1n) is 10.9. The van der Waals surface area contributed by atoms with Crippen molar-refractivity contribution in [2.45, 2.75) is 58.0 Å². The van der Waals surface area contributed by atoms with Crippen LogP contribution in [0.25, 0.3) is 5.57 Å². The maximum Gasteiger partial charge on any atom is 0.380 e. The van der Waals surface area contributed by atoms with Crippen molar-refractivity contribution < 1.29 is 14.3 Å². The van der Waals surface area contributed by atoms with Gasteiger partial charge in [0, 0.05) is 18.4 Å². The highest BCUT2D eigenvalue weighted by atomic mass is 16.6. The molecule has 0 amide bonds. The zero-order valence-corrected chi connectivity index (χ0v) is 17.8. The molecule has 0 spiro atoms. The Bertz CT molecular complexity index is 971. The second-order valence-corrected chi connectivity index (χ2v) is 8.71. The summed E-state index contributed by atoms with van der Waals surface area (Å²) in [7, 11) is 0. The van der Waals surface area contributed by atoms with E-state index in [0.29, 0.717) is 5.57 Å². The fourth-order valence-corrected chi connectivity index (χ4v) is 4.51. The third-order valence-corrected chi connectivity index (χ3v) is 6.22. The molecule has 0 unspecified atom stereocenters. The van der Waals surface area contributed by atoms with Gasteiger partial charge in [0.25, 0.3) is 5.78 Å². The molecule has 4 rings (SSSR count). The zero-order chi connectivity index (χ0) is 21.1. The molecule has 1 aliphatic heterocycles. The minimum Gasteiger partial charge on any atom is -0.453 e. The molecule has 1 fully saturated rings. The van der Waals surface area contributed by atoms with E-state index in [1.54, 1.807) is 0 Å². The summed E-state index contributed by atoms with van der Waals surface area (Å²) in [4.78, 5) is 28.2. The van der Waals surface area contributed by atoms with Crippen LogP contribution in [0, 0.1) is 6.92 Å². The van der Waals surface area contributed by atoms with Gasteiger partial charge in [0.05, 0.1) is 5.57 Å². The highest BCUT2D eigenvalue weighted by molar-refractivity contribution is 6.51. The van der Waals surface area contributed by atoms with Gasteiger partial charge in [-0.05, 0) is 63.1 Å². The second-order valence-electron chi connectivity index (χ2n) is 8.71. The molecule has 2 aliphatic rings. The third-order valence-electron chi connectivity index (χ3n) is 6.22. The van der Waals surface area contributed by atoms with E-state index in [-0.39, 0.29) is 0 Å². The van der Waals surface area contributed by atoms with Crippen molar-refractivity contribution in [2.24, 2.45) is 0 Å². The van der Waals surface area contributed by atoms with Crippen LogP contribution in [0.4, 0.5) is 5.69 Å². The molecule has 2 aromatic rings. The molecule has 0 radical (unpaired) electrons. The first-order valence-corrected chi connectivity index (χ1v) is 10.9. The SMILES string of the molecule is Cc1ccc2c(c1)CCN2/C=C(/C(=O)C(=O)OC1(C)CCCCC1)c1ccccc1. The largest absolute Gasteiger partial charge is 0.453 e. The molecule has 0 atom stereocenters. The minimum absolute atomic E-state index is 0.383. The first kappa shape index (κ1) is 20.4. The molecule has 30 heavy (non-hydrogen) atoms. The molecule has 0 bridgehead atoms. The number of hydrogen-bond acceptors (Lipinski definition) is 4. The summed E-state index contributed by atoms with van der Waals surface area (Å²) in [6.07, 6.45) is 7.59. The van der Waals surface area contributed by atoms with Crippen LogP contribution in [-0.4, -0.2) is 23.9 Å². The van der Waals surface area contributed by atoms with E-state index >= 15 is 0 Å². The number of ketones is 1. The highest BCUT2D eigenvalue weighted by Crippen LogP contribution is 2.33. The lowest BCUT2D eigenvalue weighted by molar-refractivity contribution is -0.165. The summed E-state index contributed by atoms with van der Waals surface area (Å²) in [6, 6.07) is 15.7. The third kappa shape index (κ3) is 4.33. The van der Waals surface area contributed by atoms with E-state index in [2.05, 4.69) is 30.0 Å². The zero-order valence-electron chi connectivity index (χ0n) is 17.8. The molecule has 0 aromatic heterocycles. The smallest absolute Gasteiger partial charge is 0.380 e. The van der Waals surface area contributed by atoms with Gasteiger partial charge in [-0.15, -0.1) is 0 Å². The number of esters is 1. The van der Waals surface area contributed by atoms with E-state index < -0.39 is 17.4 Å². The van der Waals surface area contributed by atoms with E-state index in [9.17, 15) is 9.59 Å². The lowest BCUT2D eigenvalue weighted by Gasteiger charge is -2.33. The number of ether oxygens (including phenoxy) is 1. The maximum atomic E-state index is 13.2. The van der Waals surface area contributed by atoms with Crippen LogP contribution in [-0.2, 0) is 20.7 Å². The van der Waals surface area contributed by atoms with Gasteiger partial charge in [-0.25, -0.2) is 4.79 Å². The standard InChI is InChI=1S/C26H29NO3/c1-19-11-12-23-21(17-19)13-16-27(23)18-22(20-9-5-3-6-10-20)24(28)25(29)30-26(2)14-7-4-8-15-26/h3,5-6,9-12,17-18H,4,7-8,13-16H2,1-2H3/b22-18+. The number of anilines is 1. The number of rotatable bonds is 5. The number of Topliss-reactive ketones (excluding diaryl/α,β-unsaturated/α-hetero) is 1. The van der Waals surface area contributed by atoms with Crippen LogP contribution in [0.2, 0.25) is 0 Å². The minimum atomic E-state index is -0.752. The van der Waals surface area contributed by atoms with Crippen molar-refractivity contribution >= 4 is 23.0 Å². The van der Waals surface area contributed by atoms with Crippen LogP contribution in [0.1, 0.15) is 55.7 Å². The quantitative estimate of drug-likeness (QED) is 0.389. The number of hydrogen-bond donors (Lipinski definition) is 0. The number of carbonyl (C=O) groups excluding carboxylic acids is 2. The van der Waals surface area contributed by atoms with Gasteiger partial charge in [-0.3, -0.25) is 4.79 Å². The molecule has 2 aromatic carbocycles. The number of carbonyl (C=O) groups is 2. The summed E-state index contributed by atoms with van der Waals surface area (Å²) in [6.45, 7) is 4.82. The molecule has 0 N–H and O–H groups in total. The van der Waals surface area contributed by atoms with Crippen molar-refractivity contribution in [3.05, 3.63) is 71.4 Å². The number of benzene rings is 2. The average Bonchev–Trinajstić information content (AvgIpc) is 3.14. The Morgan fingerprint density at radius 2 is 1.77 bits per heavy atom. The highest BCUT2D eigenvalue weighted by Gasteiger charge is 2.34. The van der Waals surface area contributed by atoms with E-state index in [1.807, 2.05) is 43.5 Å². The van der Waals surface area contributed by atoms with Crippen LogP contribution >= 0.6 is 0 Å². The van der Waals surface area contributed by atoms with Crippen molar-refractivity contribution in [3.63, 3.8) is 0 Å². The predicted molar refractivity (Wildman–Crippen MR) is 119 cm³/mol. The van der Waals surface area contributed by atoms with Crippen molar-refractivity contribution in [3.8, 4) is 0 Å². The van der Waals surface area contributed by atoms with E-state index in [0.717, 1.165) is 56.3 Å². The maximum absolute atomic E-state index is 13.2. The van der Waals surface area contributed by atoms with Gasteiger partial charge in [-0.1, -0.05) is 54.4 Å². The van der Waals surface area contributed by atoms with Crippen molar-refractivity contribution in [2.75, 3.05) is 11.4 Å². The molecule has 1 saturated carbocycles. The Morgan fingerprint density at radius 3 is 2.50 bits per heavy atom. The second kappa shape index (κ2) is 8.47. The molecule has 1 heterocycles. The van der Waals surface area contributed by atoms with Crippen LogP contribution in [0.5, 0.6) is 0 Å². The fourth-order valence-electron chi connectivity index (χ4n) is 4.51. The molecule has 156 valence electrons. The Hall–Kier alpha value is -2.88. The van der Waals surface area contributed by atoms with Gasteiger partial charge in [-0.2, -0.15) is 0 Å². The van der Waals surface area contributed by atoms with Crippen molar-refractivity contribution in [1.29, 1.82) is 0 Å². The summed E-state index contributed by atoms with van der Waals surface area (Å²) in [5, 5.41) is 0.